The van der Waals surface area contributed by atoms with Crippen molar-refractivity contribution in [1.82, 2.24) is 15.0 Å². The third kappa shape index (κ3) is 2.25. The van der Waals surface area contributed by atoms with Crippen molar-refractivity contribution in [3.8, 4) is 5.69 Å². The first-order valence-corrected chi connectivity index (χ1v) is 6.40. The summed E-state index contributed by atoms with van der Waals surface area (Å²) in [5.41, 5.74) is 3.57. The summed E-state index contributed by atoms with van der Waals surface area (Å²) < 4.78 is 0. The Balaban J connectivity index is 2.17. The predicted octanol–water partition coefficient (Wildman–Crippen LogP) is 4.11. The molecule has 2 aromatic carbocycles. The lowest BCUT2D eigenvalue weighted by Crippen LogP contribution is -1.99. The molecule has 0 atom stereocenters. The molecule has 0 N–H and O–H groups in total. The van der Waals surface area contributed by atoms with Crippen LogP contribution in [-0.4, -0.2) is 15.0 Å². The van der Waals surface area contributed by atoms with Crippen molar-refractivity contribution in [2.75, 3.05) is 0 Å². The number of hydrogen-bond donors (Lipinski definition) is 0. The number of hydrogen-bond acceptors (Lipinski definition) is 2. The van der Waals surface area contributed by atoms with E-state index in [-0.39, 0.29) is 0 Å². The highest BCUT2D eigenvalue weighted by molar-refractivity contribution is 6.32. The lowest BCUT2D eigenvalue weighted by Gasteiger charge is -2.03. The summed E-state index contributed by atoms with van der Waals surface area (Å²) in [6.45, 7) is 1.98. The lowest BCUT2D eigenvalue weighted by atomic mass is 10.2. The Morgan fingerprint density at radius 3 is 2.37 bits per heavy atom. The molecule has 0 radical (unpaired) electrons. The average molecular weight is 270 g/mol. The van der Waals surface area contributed by atoms with Gasteiger partial charge in [0.2, 0.25) is 0 Å². The smallest absolute Gasteiger partial charge is 0.113 e. The number of nitrogens with zero attached hydrogens (tertiary/aromatic N) is 3. The Labute approximate surface area is 116 Å². The molecule has 94 valence electrons. The highest BCUT2D eigenvalue weighted by atomic mass is 35.5. The first kappa shape index (κ1) is 11.9. The summed E-state index contributed by atoms with van der Waals surface area (Å²) in [5.74, 6) is 0. The van der Waals surface area contributed by atoms with E-state index in [1.54, 1.807) is 4.80 Å². The van der Waals surface area contributed by atoms with Crippen molar-refractivity contribution in [3.63, 3.8) is 0 Å². The Hall–Kier alpha value is -2.13. The number of halogens is 1. The molecule has 0 unspecified atom stereocenters. The molecular weight excluding hydrogens is 258 g/mol. The first-order chi connectivity index (χ1) is 9.28. The third-order valence-electron chi connectivity index (χ3n) is 2.83. The van der Waals surface area contributed by atoms with Gasteiger partial charge in [-0.05, 0) is 36.8 Å². The molecule has 0 saturated carbocycles. The average Bonchev–Trinajstić information content (AvgIpc) is 2.85. The molecule has 0 bridgehead atoms. The van der Waals surface area contributed by atoms with Gasteiger partial charge in [-0.2, -0.15) is 0 Å². The number of rotatable bonds is 2. The standard InChI is InChI=1S/C15H12ClN3/c1-2-5-11-8-9-12(16)15(10-11)19-17-13-6-3-4-7-14(13)18-19/h2-10H,1H3. The molecule has 4 heteroatoms. The van der Waals surface area contributed by atoms with Gasteiger partial charge >= 0.3 is 0 Å². The Bertz CT molecular complexity index is 726. The van der Waals surface area contributed by atoms with Crippen LogP contribution in [0.5, 0.6) is 0 Å². The van der Waals surface area contributed by atoms with Crippen LogP contribution in [0.4, 0.5) is 0 Å². The van der Waals surface area contributed by atoms with Gasteiger partial charge in [0.05, 0.1) is 5.02 Å². The van der Waals surface area contributed by atoms with Gasteiger partial charge in [0.25, 0.3) is 0 Å². The minimum absolute atomic E-state index is 0.633. The maximum Gasteiger partial charge on any atom is 0.113 e. The maximum absolute atomic E-state index is 6.23. The highest BCUT2D eigenvalue weighted by Gasteiger charge is 2.08. The van der Waals surface area contributed by atoms with Crippen LogP contribution in [0.2, 0.25) is 5.02 Å². The van der Waals surface area contributed by atoms with E-state index in [1.165, 1.54) is 0 Å². The van der Waals surface area contributed by atoms with Crippen molar-refractivity contribution in [2.45, 2.75) is 6.92 Å². The van der Waals surface area contributed by atoms with Gasteiger partial charge in [0, 0.05) is 0 Å². The summed E-state index contributed by atoms with van der Waals surface area (Å²) in [6.07, 6.45) is 4.00. The molecule has 19 heavy (non-hydrogen) atoms. The van der Waals surface area contributed by atoms with E-state index in [2.05, 4.69) is 10.2 Å². The van der Waals surface area contributed by atoms with E-state index in [9.17, 15) is 0 Å². The fraction of sp³-hybridized carbons (Fsp3) is 0.0667. The van der Waals surface area contributed by atoms with Crippen LogP contribution < -0.4 is 0 Å². The van der Waals surface area contributed by atoms with Crippen LogP contribution in [0, 0.1) is 0 Å². The molecular formula is C15H12ClN3. The second-order valence-corrected chi connectivity index (χ2v) is 4.60. The minimum Gasteiger partial charge on any atom is -0.149 e. The van der Waals surface area contributed by atoms with E-state index in [4.69, 9.17) is 11.6 Å². The lowest BCUT2D eigenvalue weighted by molar-refractivity contribution is 0.765. The summed E-state index contributed by atoms with van der Waals surface area (Å²) in [5, 5.41) is 9.52. The van der Waals surface area contributed by atoms with Crippen molar-refractivity contribution in [1.29, 1.82) is 0 Å². The molecule has 0 aliphatic heterocycles. The minimum atomic E-state index is 0.633. The van der Waals surface area contributed by atoms with Crippen molar-refractivity contribution in [3.05, 3.63) is 59.1 Å². The molecule has 0 aliphatic carbocycles. The van der Waals surface area contributed by atoms with Crippen LogP contribution in [0.25, 0.3) is 22.8 Å². The van der Waals surface area contributed by atoms with Crippen LogP contribution in [-0.2, 0) is 0 Å². The largest absolute Gasteiger partial charge is 0.149 e. The second-order valence-electron chi connectivity index (χ2n) is 4.19. The van der Waals surface area contributed by atoms with Gasteiger partial charge in [0.15, 0.2) is 0 Å². The van der Waals surface area contributed by atoms with E-state index in [1.807, 2.05) is 61.5 Å². The fourth-order valence-electron chi connectivity index (χ4n) is 1.95. The molecule has 3 nitrogen and oxygen atoms in total. The van der Waals surface area contributed by atoms with Gasteiger partial charge in [0.1, 0.15) is 16.7 Å². The quantitative estimate of drug-likeness (QED) is 0.701. The zero-order chi connectivity index (χ0) is 13.2. The van der Waals surface area contributed by atoms with E-state index in [0.29, 0.717) is 5.02 Å². The molecule has 0 amide bonds. The fourth-order valence-corrected chi connectivity index (χ4v) is 2.14. The third-order valence-corrected chi connectivity index (χ3v) is 3.15. The van der Waals surface area contributed by atoms with E-state index < -0.39 is 0 Å². The van der Waals surface area contributed by atoms with Gasteiger partial charge in [-0.1, -0.05) is 42.0 Å². The SMILES string of the molecule is CC=Cc1ccc(Cl)c(-n2nc3ccccc3n2)c1. The number of aromatic nitrogens is 3. The van der Waals surface area contributed by atoms with Gasteiger partial charge < -0.3 is 0 Å². The number of fused-ring (bicyclic) bond motifs is 1. The molecule has 1 heterocycles. The van der Waals surface area contributed by atoms with Gasteiger partial charge in [-0.3, -0.25) is 0 Å². The molecule has 0 saturated heterocycles. The summed E-state index contributed by atoms with van der Waals surface area (Å²) in [4.78, 5) is 1.58. The highest BCUT2D eigenvalue weighted by Crippen LogP contribution is 2.22. The monoisotopic (exact) mass is 269 g/mol. The van der Waals surface area contributed by atoms with Crippen molar-refractivity contribution >= 4 is 28.7 Å². The molecule has 0 spiro atoms. The molecule has 1 aromatic heterocycles. The predicted molar refractivity (Wildman–Crippen MR) is 78.6 cm³/mol. The maximum atomic E-state index is 6.23. The summed E-state index contributed by atoms with van der Waals surface area (Å²) in [6, 6.07) is 13.6. The Morgan fingerprint density at radius 2 is 1.74 bits per heavy atom. The normalized spacial score (nSPS) is 11.5. The van der Waals surface area contributed by atoms with Crippen LogP contribution >= 0.6 is 11.6 Å². The van der Waals surface area contributed by atoms with Crippen LogP contribution in [0.15, 0.2) is 48.5 Å². The summed E-state index contributed by atoms with van der Waals surface area (Å²) in [7, 11) is 0. The van der Waals surface area contributed by atoms with Crippen molar-refractivity contribution in [2.24, 2.45) is 0 Å². The van der Waals surface area contributed by atoms with E-state index in [0.717, 1.165) is 22.3 Å². The molecule has 3 aromatic rings. The Morgan fingerprint density at radius 1 is 1.05 bits per heavy atom. The van der Waals surface area contributed by atoms with Crippen LogP contribution in [0.3, 0.4) is 0 Å². The topological polar surface area (TPSA) is 30.7 Å². The van der Waals surface area contributed by atoms with Crippen molar-refractivity contribution < 1.29 is 0 Å². The number of benzene rings is 2. The Kier molecular flexibility index (Phi) is 3.05. The molecule has 0 aliphatic rings. The number of allylic oxidation sites excluding steroid dienone is 1. The van der Waals surface area contributed by atoms with E-state index >= 15 is 0 Å². The van der Waals surface area contributed by atoms with Crippen LogP contribution in [0.1, 0.15) is 12.5 Å². The summed E-state index contributed by atoms with van der Waals surface area (Å²) >= 11 is 6.23. The molecule has 0 fully saturated rings. The second kappa shape index (κ2) is 4.86. The van der Waals surface area contributed by atoms with Gasteiger partial charge in [-0.25, -0.2) is 0 Å². The zero-order valence-electron chi connectivity index (χ0n) is 10.4. The van der Waals surface area contributed by atoms with Gasteiger partial charge in [-0.15, -0.1) is 15.0 Å². The molecule has 3 rings (SSSR count). The zero-order valence-corrected chi connectivity index (χ0v) is 11.2. The first-order valence-electron chi connectivity index (χ1n) is 6.02.